The number of rotatable bonds is 3. The van der Waals surface area contributed by atoms with E-state index in [4.69, 9.17) is 5.11 Å². The second kappa shape index (κ2) is 3.12. The second-order valence-electron chi connectivity index (χ2n) is 2.63. The van der Waals surface area contributed by atoms with Gasteiger partial charge in [0.15, 0.2) is 0 Å². The number of nitrogens with zero attached hydrogens (tertiary/aromatic N) is 2. The maximum Gasteiger partial charge on any atom is 0.374 e. The minimum absolute atomic E-state index is 0.187. The Hall–Kier alpha value is -1.46. The Kier molecular flexibility index (Phi) is 2.31. The van der Waals surface area contributed by atoms with Gasteiger partial charge in [0, 0.05) is 18.9 Å². The van der Waals surface area contributed by atoms with Crippen LogP contribution in [0.1, 0.15) is 5.69 Å². The summed E-state index contributed by atoms with van der Waals surface area (Å²) in [5.41, 5.74) is 0.187. The number of aromatic nitrogens is 2. The van der Waals surface area contributed by atoms with Crippen LogP contribution in [0.15, 0.2) is 12.3 Å². The van der Waals surface area contributed by atoms with Gasteiger partial charge in [-0.3, -0.25) is 4.68 Å². The molecule has 0 unspecified atom stereocenters. The quantitative estimate of drug-likeness (QED) is 0.762. The molecule has 1 rings (SSSR count). The van der Waals surface area contributed by atoms with Crippen molar-refractivity contribution >= 4 is 5.97 Å². The lowest BCUT2D eigenvalue weighted by Gasteiger charge is -2.10. The van der Waals surface area contributed by atoms with E-state index in [1.54, 1.807) is 0 Å². The Labute approximate surface area is 72.8 Å². The van der Waals surface area contributed by atoms with Gasteiger partial charge in [-0.1, -0.05) is 0 Å². The summed E-state index contributed by atoms with van der Waals surface area (Å²) in [4.78, 5) is 10.1. The minimum Gasteiger partial charge on any atom is -0.477 e. The lowest BCUT2D eigenvalue weighted by molar-refractivity contribution is -0.164. The summed E-state index contributed by atoms with van der Waals surface area (Å²) in [6, 6.07) is 1.36. The summed E-state index contributed by atoms with van der Waals surface area (Å²) in [6.07, 6.45) is 0.506. The fraction of sp³-hybridized carbons (Fsp3) is 0.429. The van der Waals surface area contributed by atoms with Gasteiger partial charge in [0.1, 0.15) is 0 Å². The van der Waals surface area contributed by atoms with Crippen molar-refractivity contribution in [3.63, 3.8) is 0 Å². The number of alkyl halides is 2. The number of aliphatic carboxylic acids is 1. The lowest BCUT2D eigenvalue weighted by atomic mass is 10.2. The van der Waals surface area contributed by atoms with Crippen LogP contribution < -0.4 is 0 Å². The van der Waals surface area contributed by atoms with Crippen LogP contribution in [0.2, 0.25) is 0 Å². The molecule has 6 heteroatoms. The normalized spacial score (nSPS) is 11.6. The highest BCUT2D eigenvalue weighted by Gasteiger charge is 2.39. The van der Waals surface area contributed by atoms with Gasteiger partial charge in [0.25, 0.3) is 0 Å². The number of hydrogen-bond acceptors (Lipinski definition) is 2. The topological polar surface area (TPSA) is 55.1 Å². The molecular weight excluding hydrogens is 182 g/mol. The van der Waals surface area contributed by atoms with E-state index in [1.165, 1.54) is 24.0 Å². The molecule has 0 fully saturated rings. The van der Waals surface area contributed by atoms with Crippen LogP contribution in [-0.2, 0) is 18.3 Å². The molecule has 0 bridgehead atoms. The van der Waals surface area contributed by atoms with Crippen LogP contribution in [0.3, 0.4) is 0 Å². The molecule has 0 aliphatic heterocycles. The van der Waals surface area contributed by atoms with Crippen molar-refractivity contribution in [3.05, 3.63) is 18.0 Å². The summed E-state index contributed by atoms with van der Waals surface area (Å²) >= 11 is 0. The van der Waals surface area contributed by atoms with Crippen molar-refractivity contribution in [1.29, 1.82) is 0 Å². The third kappa shape index (κ3) is 2.01. The molecule has 0 radical (unpaired) electrons. The van der Waals surface area contributed by atoms with E-state index in [1.807, 2.05) is 0 Å². The first-order chi connectivity index (χ1) is 5.93. The molecule has 0 amide bonds. The summed E-state index contributed by atoms with van der Waals surface area (Å²) in [5, 5.41) is 11.8. The molecule has 1 N–H and O–H groups in total. The second-order valence-corrected chi connectivity index (χ2v) is 2.63. The largest absolute Gasteiger partial charge is 0.477 e. The lowest BCUT2D eigenvalue weighted by Crippen LogP contribution is -2.31. The highest BCUT2D eigenvalue weighted by molar-refractivity contribution is 5.75. The van der Waals surface area contributed by atoms with Crippen molar-refractivity contribution in [2.75, 3.05) is 0 Å². The van der Waals surface area contributed by atoms with Crippen molar-refractivity contribution in [1.82, 2.24) is 9.78 Å². The average Bonchev–Trinajstić information content (AvgIpc) is 2.35. The maximum atomic E-state index is 12.6. The Morgan fingerprint density at radius 2 is 2.38 bits per heavy atom. The van der Waals surface area contributed by atoms with E-state index >= 15 is 0 Å². The van der Waals surface area contributed by atoms with Gasteiger partial charge in [0.2, 0.25) is 0 Å². The van der Waals surface area contributed by atoms with E-state index in [0.29, 0.717) is 0 Å². The first-order valence-electron chi connectivity index (χ1n) is 3.51. The van der Waals surface area contributed by atoms with Crippen LogP contribution in [-0.4, -0.2) is 26.8 Å². The molecule has 0 saturated carbocycles. The first-order valence-corrected chi connectivity index (χ1v) is 3.51. The fourth-order valence-corrected chi connectivity index (χ4v) is 0.878. The van der Waals surface area contributed by atoms with Gasteiger partial charge in [0.05, 0.1) is 6.42 Å². The summed E-state index contributed by atoms with van der Waals surface area (Å²) in [5.74, 6) is -5.85. The number of carboxylic acid groups (broad SMARTS) is 1. The number of halogens is 2. The van der Waals surface area contributed by atoms with Crippen molar-refractivity contribution in [2.45, 2.75) is 12.3 Å². The third-order valence-electron chi connectivity index (χ3n) is 1.64. The SMILES string of the molecule is Cn1nccc1CC(F)(F)C(=O)O. The number of aryl methyl sites for hydroxylation is 1. The third-order valence-corrected chi connectivity index (χ3v) is 1.64. The van der Waals surface area contributed by atoms with Gasteiger partial charge in [-0.25, -0.2) is 4.79 Å². The standard InChI is InChI=1S/C7H8F2N2O2/c1-11-5(2-3-10-11)4-7(8,9)6(12)13/h2-3H,4H2,1H3,(H,12,13). The molecule has 1 heterocycles. The zero-order chi connectivity index (χ0) is 10.1. The molecule has 0 aromatic carbocycles. The average molecular weight is 190 g/mol. The molecule has 1 aromatic rings. The van der Waals surface area contributed by atoms with Crippen molar-refractivity contribution in [3.8, 4) is 0 Å². The molecule has 4 nitrogen and oxygen atoms in total. The number of carbonyl (C=O) groups is 1. The summed E-state index contributed by atoms with van der Waals surface area (Å²) in [6.45, 7) is 0. The van der Waals surface area contributed by atoms with Crippen LogP contribution in [0, 0.1) is 0 Å². The van der Waals surface area contributed by atoms with Crippen LogP contribution in [0.4, 0.5) is 8.78 Å². The number of carboxylic acids is 1. The molecule has 72 valence electrons. The van der Waals surface area contributed by atoms with Crippen LogP contribution in [0.5, 0.6) is 0 Å². The fourth-order valence-electron chi connectivity index (χ4n) is 0.878. The molecule has 0 aliphatic carbocycles. The first kappa shape index (κ1) is 9.63. The van der Waals surface area contributed by atoms with Gasteiger partial charge in [-0.05, 0) is 6.07 Å². The summed E-state index contributed by atoms with van der Waals surface area (Å²) in [7, 11) is 1.48. The van der Waals surface area contributed by atoms with Crippen LogP contribution >= 0.6 is 0 Å². The smallest absolute Gasteiger partial charge is 0.374 e. The predicted molar refractivity (Wildman–Crippen MR) is 39.5 cm³/mol. The van der Waals surface area contributed by atoms with E-state index < -0.39 is 18.3 Å². The Morgan fingerprint density at radius 1 is 1.77 bits per heavy atom. The molecule has 0 aliphatic rings. The molecule has 0 atom stereocenters. The molecule has 1 aromatic heterocycles. The van der Waals surface area contributed by atoms with Crippen LogP contribution in [0.25, 0.3) is 0 Å². The van der Waals surface area contributed by atoms with E-state index in [2.05, 4.69) is 5.10 Å². The predicted octanol–water partition coefficient (Wildman–Crippen LogP) is 0.682. The highest BCUT2D eigenvalue weighted by atomic mass is 19.3. The molecule has 13 heavy (non-hydrogen) atoms. The zero-order valence-electron chi connectivity index (χ0n) is 6.87. The van der Waals surface area contributed by atoms with Crippen molar-refractivity contribution in [2.24, 2.45) is 7.05 Å². The zero-order valence-corrected chi connectivity index (χ0v) is 6.87. The van der Waals surface area contributed by atoms with Gasteiger partial charge in [-0.2, -0.15) is 13.9 Å². The van der Waals surface area contributed by atoms with E-state index in [-0.39, 0.29) is 5.69 Å². The molecular formula is C7H8F2N2O2. The van der Waals surface area contributed by atoms with E-state index in [9.17, 15) is 13.6 Å². The highest BCUT2D eigenvalue weighted by Crippen LogP contribution is 2.19. The minimum atomic E-state index is -3.73. The van der Waals surface area contributed by atoms with Crippen molar-refractivity contribution < 1.29 is 18.7 Å². The monoisotopic (exact) mass is 190 g/mol. The molecule has 0 saturated heterocycles. The van der Waals surface area contributed by atoms with Gasteiger partial charge < -0.3 is 5.11 Å². The van der Waals surface area contributed by atoms with Gasteiger partial charge >= 0.3 is 11.9 Å². The summed E-state index contributed by atoms with van der Waals surface area (Å²) < 4.78 is 26.5. The number of hydrogen-bond donors (Lipinski definition) is 1. The Morgan fingerprint density at radius 3 is 2.77 bits per heavy atom. The maximum absolute atomic E-state index is 12.6. The van der Waals surface area contributed by atoms with Gasteiger partial charge in [-0.15, -0.1) is 0 Å². The van der Waals surface area contributed by atoms with E-state index in [0.717, 1.165) is 0 Å². The molecule has 0 spiro atoms. The Bertz CT molecular complexity index is 322. The Balaban J connectivity index is 2.80.